The Balaban J connectivity index is 1.80. The number of hydrogen-bond acceptors (Lipinski definition) is 1. The summed E-state index contributed by atoms with van der Waals surface area (Å²) in [6.07, 6.45) is 0. The molecular formula is C25H20NOP. The van der Waals surface area contributed by atoms with Gasteiger partial charge in [-0.1, -0.05) is 84.9 Å². The van der Waals surface area contributed by atoms with Gasteiger partial charge in [-0.2, -0.15) is 0 Å². The molecule has 4 aromatic rings. The van der Waals surface area contributed by atoms with E-state index in [0.29, 0.717) is 6.54 Å². The quantitative estimate of drug-likeness (QED) is 0.430. The second-order valence-electron chi connectivity index (χ2n) is 6.99. The van der Waals surface area contributed by atoms with Crippen LogP contribution in [0.5, 0.6) is 0 Å². The van der Waals surface area contributed by atoms with Crippen molar-refractivity contribution in [2.45, 2.75) is 6.54 Å². The van der Waals surface area contributed by atoms with Gasteiger partial charge in [-0.05, 0) is 35.4 Å². The summed E-state index contributed by atoms with van der Waals surface area (Å²) >= 11 is 0. The van der Waals surface area contributed by atoms with Gasteiger partial charge in [-0.25, -0.2) is 0 Å². The Morgan fingerprint density at radius 2 is 1.18 bits per heavy atom. The van der Waals surface area contributed by atoms with Crippen molar-refractivity contribution in [1.29, 1.82) is 0 Å². The van der Waals surface area contributed by atoms with Gasteiger partial charge in [0.1, 0.15) is 0 Å². The summed E-state index contributed by atoms with van der Waals surface area (Å²) in [5.41, 5.74) is 4.37. The summed E-state index contributed by atoms with van der Waals surface area (Å²) in [5, 5.41) is 1.78. The fourth-order valence-electron chi connectivity index (χ4n) is 4.02. The van der Waals surface area contributed by atoms with Gasteiger partial charge >= 0.3 is 0 Å². The molecule has 1 atom stereocenters. The lowest BCUT2D eigenvalue weighted by molar-refractivity contribution is 0.583. The molecule has 5 rings (SSSR count). The van der Waals surface area contributed by atoms with Crippen LogP contribution in [-0.2, 0) is 11.1 Å². The minimum Gasteiger partial charge on any atom is -0.311 e. The molecule has 1 aliphatic heterocycles. The molecule has 0 aliphatic carbocycles. The van der Waals surface area contributed by atoms with E-state index in [2.05, 4.69) is 41.1 Å². The molecule has 1 aliphatic rings. The van der Waals surface area contributed by atoms with Crippen molar-refractivity contribution in [3.8, 4) is 11.1 Å². The molecule has 0 saturated carbocycles. The number of anilines is 1. The highest BCUT2D eigenvalue weighted by Gasteiger charge is 2.41. The zero-order chi connectivity index (χ0) is 19.0. The Labute approximate surface area is 165 Å². The predicted molar refractivity (Wildman–Crippen MR) is 118 cm³/mol. The Kier molecular flexibility index (Phi) is 4.15. The molecule has 0 fully saturated rings. The van der Waals surface area contributed by atoms with E-state index in [9.17, 15) is 4.57 Å². The van der Waals surface area contributed by atoms with E-state index in [4.69, 9.17) is 0 Å². The minimum absolute atomic E-state index is 0.596. The van der Waals surface area contributed by atoms with Gasteiger partial charge in [-0.3, -0.25) is 4.57 Å². The molecule has 0 spiro atoms. The highest BCUT2D eigenvalue weighted by molar-refractivity contribution is 7.80. The van der Waals surface area contributed by atoms with Crippen molar-refractivity contribution in [2.75, 3.05) is 4.67 Å². The Hall–Kier alpha value is -3.09. The Morgan fingerprint density at radius 1 is 0.607 bits per heavy atom. The van der Waals surface area contributed by atoms with E-state index in [1.807, 2.05) is 72.8 Å². The molecule has 0 bridgehead atoms. The zero-order valence-corrected chi connectivity index (χ0v) is 16.3. The van der Waals surface area contributed by atoms with Crippen molar-refractivity contribution in [2.24, 2.45) is 0 Å². The van der Waals surface area contributed by atoms with Crippen LogP contribution in [0.1, 0.15) is 5.56 Å². The molecule has 0 aromatic heterocycles. The Bertz CT molecular complexity index is 1170. The van der Waals surface area contributed by atoms with E-state index in [-0.39, 0.29) is 0 Å². The van der Waals surface area contributed by atoms with Crippen LogP contribution in [0.15, 0.2) is 109 Å². The monoisotopic (exact) mass is 381 g/mol. The molecule has 0 N–H and O–H groups in total. The second-order valence-corrected chi connectivity index (χ2v) is 9.62. The average molecular weight is 381 g/mol. The Morgan fingerprint density at radius 3 is 1.93 bits per heavy atom. The van der Waals surface area contributed by atoms with Crippen molar-refractivity contribution < 1.29 is 4.57 Å². The van der Waals surface area contributed by atoms with Crippen LogP contribution in [-0.4, -0.2) is 0 Å². The average Bonchev–Trinajstić information content (AvgIpc) is 2.78. The third-order valence-corrected chi connectivity index (χ3v) is 8.40. The van der Waals surface area contributed by atoms with Crippen LogP contribution in [0.3, 0.4) is 0 Å². The minimum atomic E-state index is -3.03. The first-order chi connectivity index (χ1) is 13.8. The first-order valence-electron chi connectivity index (χ1n) is 9.45. The molecular weight excluding hydrogens is 361 g/mol. The van der Waals surface area contributed by atoms with Crippen molar-refractivity contribution in [3.63, 3.8) is 0 Å². The van der Waals surface area contributed by atoms with E-state index < -0.39 is 7.29 Å². The van der Waals surface area contributed by atoms with E-state index in [1.165, 1.54) is 0 Å². The van der Waals surface area contributed by atoms with E-state index in [0.717, 1.165) is 33.0 Å². The normalized spacial score (nSPS) is 17.6. The van der Waals surface area contributed by atoms with Crippen LogP contribution < -0.4 is 15.3 Å². The number of benzene rings is 4. The number of para-hydroxylation sites is 1. The van der Waals surface area contributed by atoms with Crippen molar-refractivity contribution in [3.05, 3.63) is 115 Å². The van der Waals surface area contributed by atoms with Gasteiger partial charge in [0, 0.05) is 16.2 Å². The number of hydrogen-bond donors (Lipinski definition) is 0. The summed E-state index contributed by atoms with van der Waals surface area (Å²) in [7, 11) is -3.03. The second kappa shape index (κ2) is 6.82. The van der Waals surface area contributed by atoms with Crippen LogP contribution in [0, 0.1) is 0 Å². The fraction of sp³-hybridized carbons (Fsp3) is 0.0400. The highest BCUT2D eigenvalue weighted by atomic mass is 31.2. The lowest BCUT2D eigenvalue weighted by atomic mass is 10.0. The lowest BCUT2D eigenvalue weighted by Crippen LogP contribution is -2.36. The molecule has 28 heavy (non-hydrogen) atoms. The topological polar surface area (TPSA) is 20.3 Å². The molecule has 0 saturated heterocycles. The fourth-order valence-corrected chi connectivity index (χ4v) is 7.07. The van der Waals surface area contributed by atoms with Gasteiger partial charge in [-0.15, -0.1) is 0 Å². The maximum absolute atomic E-state index is 14.9. The van der Waals surface area contributed by atoms with Gasteiger partial charge in [0.25, 0.3) is 0 Å². The van der Waals surface area contributed by atoms with Crippen molar-refractivity contribution in [1.82, 2.24) is 0 Å². The standard InChI is InChI=1S/C25H20NOP/c27-28(21-13-5-2-6-14-21)25-18-10-8-16-23(25)22-15-7-9-17-24(22)26(28)19-20-11-3-1-4-12-20/h1-18H,19H2/t28-/m1/s1. The summed E-state index contributed by atoms with van der Waals surface area (Å²) in [6, 6.07) is 36.6. The zero-order valence-electron chi connectivity index (χ0n) is 15.4. The van der Waals surface area contributed by atoms with E-state index >= 15 is 0 Å². The lowest BCUT2D eigenvalue weighted by Gasteiger charge is -2.40. The molecule has 1 heterocycles. The summed E-state index contributed by atoms with van der Waals surface area (Å²) in [6.45, 7) is 0.596. The van der Waals surface area contributed by atoms with Crippen LogP contribution in [0.25, 0.3) is 11.1 Å². The van der Waals surface area contributed by atoms with Gasteiger partial charge in [0.15, 0.2) is 0 Å². The van der Waals surface area contributed by atoms with Crippen molar-refractivity contribution >= 4 is 23.6 Å². The maximum Gasteiger partial charge on any atom is 0.230 e. The smallest absolute Gasteiger partial charge is 0.230 e. The summed E-state index contributed by atoms with van der Waals surface area (Å²) < 4.78 is 17.0. The van der Waals surface area contributed by atoms with Gasteiger partial charge in [0.2, 0.25) is 7.29 Å². The molecule has 4 aromatic carbocycles. The van der Waals surface area contributed by atoms with Crippen LogP contribution in [0.2, 0.25) is 0 Å². The third kappa shape index (κ3) is 2.61. The summed E-state index contributed by atoms with van der Waals surface area (Å²) in [5.74, 6) is 0. The molecule has 0 amide bonds. The number of nitrogens with zero attached hydrogens (tertiary/aromatic N) is 1. The van der Waals surface area contributed by atoms with Crippen LogP contribution in [0.4, 0.5) is 5.69 Å². The molecule has 2 nitrogen and oxygen atoms in total. The van der Waals surface area contributed by atoms with Gasteiger partial charge < -0.3 is 4.67 Å². The van der Waals surface area contributed by atoms with Crippen LogP contribution >= 0.6 is 7.29 Å². The predicted octanol–water partition coefficient (Wildman–Crippen LogP) is 5.60. The SMILES string of the molecule is O=[P@]1(c2ccccc2)c2ccccc2-c2ccccc2N1Cc1ccccc1. The third-order valence-electron chi connectivity index (χ3n) is 5.32. The first kappa shape index (κ1) is 17.0. The molecule has 3 heteroatoms. The molecule has 0 radical (unpaired) electrons. The molecule has 0 unspecified atom stereocenters. The maximum atomic E-state index is 14.9. The number of fused-ring (bicyclic) bond motifs is 3. The number of rotatable bonds is 3. The summed E-state index contributed by atoms with van der Waals surface area (Å²) in [4.78, 5) is 0. The first-order valence-corrected chi connectivity index (χ1v) is 11.1. The van der Waals surface area contributed by atoms with E-state index in [1.54, 1.807) is 0 Å². The highest BCUT2D eigenvalue weighted by Crippen LogP contribution is 2.58. The largest absolute Gasteiger partial charge is 0.311 e. The molecule has 136 valence electrons. The van der Waals surface area contributed by atoms with Gasteiger partial charge in [0.05, 0.1) is 12.2 Å².